The van der Waals surface area contributed by atoms with Gasteiger partial charge in [-0.05, 0) is 27.6 Å². The number of hydrogen-bond donors (Lipinski definition) is 1. The Labute approximate surface area is 127 Å². The summed E-state index contributed by atoms with van der Waals surface area (Å²) in [6, 6.07) is 8.57. The van der Waals surface area contributed by atoms with Crippen LogP contribution in [0.2, 0.25) is 4.34 Å². The maximum absolute atomic E-state index is 10.7. The van der Waals surface area contributed by atoms with Crippen molar-refractivity contribution >= 4 is 44.6 Å². The maximum atomic E-state index is 10.7. The molecule has 4 nitrogen and oxygen atoms in total. The molecule has 7 heteroatoms. The number of nitro groups is 1. The van der Waals surface area contributed by atoms with E-state index in [1.807, 2.05) is 12.1 Å². The van der Waals surface area contributed by atoms with Gasteiger partial charge in [-0.25, -0.2) is 0 Å². The summed E-state index contributed by atoms with van der Waals surface area (Å²) >= 11 is 10.8. The predicted octanol–water partition coefficient (Wildman–Crippen LogP) is 4.36. The van der Waals surface area contributed by atoms with E-state index in [0.717, 1.165) is 19.2 Å². The van der Waals surface area contributed by atoms with Crippen LogP contribution in [0.5, 0.6) is 0 Å². The number of halogens is 2. The van der Waals surface area contributed by atoms with Crippen LogP contribution in [0, 0.1) is 10.1 Å². The van der Waals surface area contributed by atoms with Gasteiger partial charge in [-0.1, -0.05) is 23.7 Å². The first-order chi connectivity index (χ1) is 9.06. The van der Waals surface area contributed by atoms with Crippen LogP contribution in [0.4, 0.5) is 5.69 Å². The second-order valence-corrected chi connectivity index (χ2v) is 6.46. The van der Waals surface area contributed by atoms with Gasteiger partial charge >= 0.3 is 0 Å². The summed E-state index contributed by atoms with van der Waals surface area (Å²) in [5, 5.41) is 13.9. The third kappa shape index (κ3) is 4.01. The van der Waals surface area contributed by atoms with Gasteiger partial charge in [0.05, 0.1) is 4.92 Å². The van der Waals surface area contributed by atoms with E-state index in [1.54, 1.807) is 12.1 Å². The molecule has 19 heavy (non-hydrogen) atoms. The largest absolute Gasteiger partial charge is 0.308 e. The van der Waals surface area contributed by atoms with Crippen molar-refractivity contribution in [3.63, 3.8) is 0 Å². The summed E-state index contributed by atoms with van der Waals surface area (Å²) in [7, 11) is 0. The Bertz CT molecular complexity index is 584. The van der Waals surface area contributed by atoms with Crippen molar-refractivity contribution < 1.29 is 4.92 Å². The van der Waals surface area contributed by atoms with Crippen molar-refractivity contribution in [2.75, 3.05) is 0 Å². The van der Waals surface area contributed by atoms with Crippen molar-refractivity contribution in [2.24, 2.45) is 0 Å². The molecule has 2 rings (SSSR count). The Morgan fingerprint density at radius 3 is 2.79 bits per heavy atom. The minimum Gasteiger partial charge on any atom is -0.308 e. The molecular formula is C12H10BrClN2O2S. The molecule has 1 aromatic heterocycles. The van der Waals surface area contributed by atoms with Crippen molar-refractivity contribution in [1.82, 2.24) is 5.32 Å². The number of benzene rings is 1. The third-order valence-corrected chi connectivity index (χ3v) is 4.92. The zero-order chi connectivity index (χ0) is 13.8. The first-order valence-electron chi connectivity index (χ1n) is 5.44. The Morgan fingerprint density at radius 2 is 2.16 bits per heavy atom. The standard InChI is InChI=1S/C12H10BrClN2O2S/c13-11-5-10(19-12(11)14)7-15-6-8-2-1-3-9(4-8)16(17)18/h1-5,15H,6-7H2. The molecule has 0 bridgehead atoms. The SMILES string of the molecule is O=[N+]([O-])c1cccc(CNCc2cc(Br)c(Cl)s2)c1. The second-order valence-electron chi connectivity index (χ2n) is 3.86. The average molecular weight is 362 g/mol. The van der Waals surface area contributed by atoms with Crippen LogP contribution in [0.15, 0.2) is 34.8 Å². The third-order valence-electron chi connectivity index (χ3n) is 2.45. The number of nitrogens with one attached hydrogen (secondary N) is 1. The molecule has 0 spiro atoms. The molecule has 0 saturated carbocycles. The maximum Gasteiger partial charge on any atom is 0.269 e. The fraction of sp³-hybridized carbons (Fsp3) is 0.167. The van der Waals surface area contributed by atoms with Gasteiger partial charge in [0.2, 0.25) is 0 Å². The number of non-ortho nitro benzene ring substituents is 1. The van der Waals surface area contributed by atoms with Gasteiger partial charge < -0.3 is 5.32 Å². The van der Waals surface area contributed by atoms with Crippen LogP contribution in [-0.2, 0) is 13.1 Å². The molecule has 0 aliphatic carbocycles. The van der Waals surface area contributed by atoms with Crippen LogP contribution in [0.1, 0.15) is 10.4 Å². The van der Waals surface area contributed by atoms with Crippen molar-refractivity contribution in [3.8, 4) is 0 Å². The fourth-order valence-corrected chi connectivity index (χ4v) is 3.35. The zero-order valence-electron chi connectivity index (χ0n) is 9.73. The molecule has 0 atom stereocenters. The van der Waals surface area contributed by atoms with Gasteiger partial charge in [0.25, 0.3) is 5.69 Å². The molecule has 0 radical (unpaired) electrons. The zero-order valence-corrected chi connectivity index (χ0v) is 12.9. The molecule has 0 aliphatic rings. The monoisotopic (exact) mass is 360 g/mol. The van der Waals surface area contributed by atoms with Crippen LogP contribution in [0.25, 0.3) is 0 Å². The topological polar surface area (TPSA) is 55.2 Å². The van der Waals surface area contributed by atoms with E-state index in [9.17, 15) is 10.1 Å². The number of thiophene rings is 1. The Balaban J connectivity index is 1.92. The molecule has 1 heterocycles. The Hall–Kier alpha value is -0.950. The van der Waals surface area contributed by atoms with Gasteiger partial charge in [-0.15, -0.1) is 11.3 Å². The van der Waals surface area contributed by atoms with Gasteiger partial charge in [-0.3, -0.25) is 10.1 Å². The van der Waals surface area contributed by atoms with Crippen LogP contribution in [0.3, 0.4) is 0 Å². The van der Waals surface area contributed by atoms with Gasteiger partial charge in [0.15, 0.2) is 0 Å². The lowest BCUT2D eigenvalue weighted by molar-refractivity contribution is -0.384. The van der Waals surface area contributed by atoms with E-state index in [1.165, 1.54) is 17.4 Å². The molecule has 1 N–H and O–H groups in total. The summed E-state index contributed by atoms with van der Waals surface area (Å²) in [6.45, 7) is 1.26. The molecule has 0 unspecified atom stereocenters. The average Bonchev–Trinajstić information content (AvgIpc) is 2.69. The fourth-order valence-electron chi connectivity index (χ4n) is 1.59. The van der Waals surface area contributed by atoms with E-state index in [-0.39, 0.29) is 10.6 Å². The normalized spacial score (nSPS) is 10.6. The Kier molecular flexibility index (Phi) is 4.93. The summed E-state index contributed by atoms with van der Waals surface area (Å²) < 4.78 is 1.62. The van der Waals surface area contributed by atoms with E-state index < -0.39 is 0 Å². The molecule has 1 aromatic carbocycles. The minimum atomic E-state index is -0.389. The summed E-state index contributed by atoms with van der Waals surface area (Å²) in [5.41, 5.74) is 0.997. The van der Waals surface area contributed by atoms with Crippen molar-refractivity contribution in [2.45, 2.75) is 13.1 Å². The highest BCUT2D eigenvalue weighted by Gasteiger charge is 2.06. The summed E-state index contributed by atoms with van der Waals surface area (Å²) in [5.74, 6) is 0. The molecule has 2 aromatic rings. The second kappa shape index (κ2) is 6.47. The van der Waals surface area contributed by atoms with Crippen LogP contribution >= 0.6 is 38.9 Å². The number of rotatable bonds is 5. The molecule has 0 saturated heterocycles. The highest BCUT2D eigenvalue weighted by Crippen LogP contribution is 2.31. The quantitative estimate of drug-likeness (QED) is 0.636. The lowest BCUT2D eigenvalue weighted by atomic mass is 10.2. The van der Waals surface area contributed by atoms with E-state index in [4.69, 9.17) is 11.6 Å². The van der Waals surface area contributed by atoms with E-state index in [2.05, 4.69) is 21.2 Å². The highest BCUT2D eigenvalue weighted by molar-refractivity contribution is 9.10. The highest BCUT2D eigenvalue weighted by atomic mass is 79.9. The van der Waals surface area contributed by atoms with E-state index in [0.29, 0.717) is 13.1 Å². The van der Waals surface area contributed by atoms with Crippen LogP contribution < -0.4 is 5.32 Å². The van der Waals surface area contributed by atoms with E-state index >= 15 is 0 Å². The number of nitrogens with zero attached hydrogens (tertiary/aromatic N) is 1. The summed E-state index contributed by atoms with van der Waals surface area (Å²) in [4.78, 5) is 11.4. The van der Waals surface area contributed by atoms with Gasteiger partial charge in [0.1, 0.15) is 4.34 Å². The first-order valence-corrected chi connectivity index (χ1v) is 7.43. The lowest BCUT2D eigenvalue weighted by Crippen LogP contribution is -2.11. The van der Waals surface area contributed by atoms with Crippen LogP contribution in [-0.4, -0.2) is 4.92 Å². The van der Waals surface area contributed by atoms with Crippen molar-refractivity contribution in [1.29, 1.82) is 0 Å². The smallest absolute Gasteiger partial charge is 0.269 e. The predicted molar refractivity (Wildman–Crippen MR) is 80.7 cm³/mol. The Morgan fingerprint density at radius 1 is 1.37 bits per heavy atom. The molecule has 0 amide bonds. The van der Waals surface area contributed by atoms with Gasteiger partial charge in [0, 0.05) is 34.6 Å². The lowest BCUT2D eigenvalue weighted by Gasteiger charge is -2.03. The molecular weight excluding hydrogens is 352 g/mol. The van der Waals surface area contributed by atoms with Crippen molar-refractivity contribution in [3.05, 3.63) is 59.7 Å². The molecule has 0 fully saturated rings. The number of nitro benzene ring substituents is 1. The summed E-state index contributed by atoms with van der Waals surface area (Å²) in [6.07, 6.45) is 0. The molecule has 100 valence electrons. The molecule has 0 aliphatic heterocycles. The first kappa shape index (κ1) is 14.5. The minimum absolute atomic E-state index is 0.112. The number of hydrogen-bond acceptors (Lipinski definition) is 4. The van der Waals surface area contributed by atoms with Gasteiger partial charge in [-0.2, -0.15) is 0 Å².